The third-order valence-electron chi connectivity index (χ3n) is 2.77. The summed E-state index contributed by atoms with van der Waals surface area (Å²) in [6.45, 7) is 3.27. The van der Waals surface area contributed by atoms with Crippen molar-refractivity contribution in [3.8, 4) is 0 Å². The van der Waals surface area contributed by atoms with E-state index in [1.54, 1.807) is 0 Å². The number of morpholine rings is 1. The Labute approximate surface area is 78.8 Å². The lowest BCUT2D eigenvalue weighted by Gasteiger charge is -2.31. The maximum absolute atomic E-state index is 11.2. The highest BCUT2D eigenvalue weighted by Gasteiger charge is 2.32. The van der Waals surface area contributed by atoms with Gasteiger partial charge in [0.2, 0.25) is 0 Å². The van der Waals surface area contributed by atoms with Gasteiger partial charge in [0.15, 0.2) is 9.84 Å². The van der Waals surface area contributed by atoms with Gasteiger partial charge < -0.3 is 4.74 Å². The van der Waals surface area contributed by atoms with Crippen LogP contribution in [0.1, 0.15) is 6.42 Å². The van der Waals surface area contributed by atoms with E-state index in [-0.39, 0.29) is 6.04 Å². The Balaban J connectivity index is 1.95. The van der Waals surface area contributed by atoms with Gasteiger partial charge >= 0.3 is 0 Å². The zero-order valence-electron chi connectivity index (χ0n) is 7.61. The lowest BCUT2D eigenvalue weighted by molar-refractivity contribution is 0.0217. The van der Waals surface area contributed by atoms with Crippen LogP contribution in [-0.2, 0) is 14.6 Å². The molecule has 0 saturated carbocycles. The SMILES string of the molecule is O=S1(=O)CC[C@H](N2CCOCC2)C1. The fourth-order valence-corrected chi connectivity index (χ4v) is 3.77. The van der Waals surface area contributed by atoms with Gasteiger partial charge in [-0.15, -0.1) is 0 Å². The van der Waals surface area contributed by atoms with Gasteiger partial charge in [-0.05, 0) is 6.42 Å². The minimum absolute atomic E-state index is 0.258. The van der Waals surface area contributed by atoms with E-state index < -0.39 is 9.84 Å². The van der Waals surface area contributed by atoms with Crippen LogP contribution in [0.5, 0.6) is 0 Å². The molecule has 0 bridgehead atoms. The van der Waals surface area contributed by atoms with Crippen LogP contribution in [0.3, 0.4) is 0 Å². The molecule has 2 aliphatic heterocycles. The first-order chi connectivity index (χ1) is 6.17. The van der Waals surface area contributed by atoms with Gasteiger partial charge in [0, 0.05) is 19.1 Å². The van der Waals surface area contributed by atoms with Gasteiger partial charge in [0.1, 0.15) is 0 Å². The van der Waals surface area contributed by atoms with Crippen molar-refractivity contribution in [2.75, 3.05) is 37.8 Å². The smallest absolute Gasteiger partial charge is 0.151 e. The van der Waals surface area contributed by atoms with Gasteiger partial charge in [-0.2, -0.15) is 0 Å². The van der Waals surface area contributed by atoms with E-state index in [2.05, 4.69) is 4.90 Å². The number of hydrogen-bond donors (Lipinski definition) is 0. The van der Waals surface area contributed by atoms with Crippen molar-refractivity contribution in [2.45, 2.75) is 12.5 Å². The molecular formula is C8H15NO3S. The molecule has 0 aliphatic carbocycles. The van der Waals surface area contributed by atoms with E-state index in [9.17, 15) is 8.42 Å². The van der Waals surface area contributed by atoms with Crippen molar-refractivity contribution in [3.63, 3.8) is 0 Å². The third kappa shape index (κ3) is 2.21. The van der Waals surface area contributed by atoms with Gasteiger partial charge in [0.05, 0.1) is 24.7 Å². The average molecular weight is 205 g/mol. The van der Waals surface area contributed by atoms with E-state index in [1.807, 2.05) is 0 Å². The van der Waals surface area contributed by atoms with E-state index in [4.69, 9.17) is 4.74 Å². The summed E-state index contributed by atoms with van der Waals surface area (Å²) in [7, 11) is -2.73. The third-order valence-corrected chi connectivity index (χ3v) is 4.52. The maximum Gasteiger partial charge on any atom is 0.151 e. The van der Waals surface area contributed by atoms with Gasteiger partial charge in [0.25, 0.3) is 0 Å². The van der Waals surface area contributed by atoms with E-state index in [1.165, 1.54) is 0 Å². The Kier molecular flexibility index (Phi) is 2.58. The van der Waals surface area contributed by atoms with Gasteiger partial charge in [-0.1, -0.05) is 0 Å². The molecule has 0 aromatic heterocycles. The molecule has 2 fully saturated rings. The summed E-state index contributed by atoms with van der Waals surface area (Å²) in [6, 6.07) is 0.258. The van der Waals surface area contributed by atoms with Crippen LogP contribution in [0.4, 0.5) is 0 Å². The molecule has 0 spiro atoms. The molecule has 5 heteroatoms. The van der Waals surface area contributed by atoms with Gasteiger partial charge in [-0.25, -0.2) is 8.42 Å². The summed E-state index contributed by atoms with van der Waals surface area (Å²) in [4.78, 5) is 2.24. The van der Waals surface area contributed by atoms with Crippen LogP contribution in [0.15, 0.2) is 0 Å². The highest BCUT2D eigenvalue weighted by atomic mass is 32.2. The lowest BCUT2D eigenvalue weighted by atomic mass is 10.2. The normalized spacial score (nSPS) is 34.9. The zero-order valence-corrected chi connectivity index (χ0v) is 8.42. The molecule has 2 rings (SSSR count). The Morgan fingerprint density at radius 1 is 1.23 bits per heavy atom. The van der Waals surface area contributed by atoms with E-state index in [0.29, 0.717) is 11.5 Å². The van der Waals surface area contributed by atoms with Crippen LogP contribution in [0.25, 0.3) is 0 Å². The van der Waals surface area contributed by atoms with Crippen LogP contribution in [0.2, 0.25) is 0 Å². The second-order valence-electron chi connectivity index (χ2n) is 3.71. The summed E-state index contributed by atoms with van der Waals surface area (Å²) in [5.74, 6) is 0.724. The highest BCUT2D eigenvalue weighted by molar-refractivity contribution is 7.91. The second kappa shape index (κ2) is 3.55. The lowest BCUT2D eigenvalue weighted by Crippen LogP contribution is -2.44. The maximum atomic E-state index is 11.2. The average Bonchev–Trinajstić information content (AvgIpc) is 2.48. The standard InChI is InChI=1S/C8H15NO3S/c10-13(11)6-1-8(7-13)9-2-4-12-5-3-9/h8H,1-7H2/t8-/m0/s1. The van der Waals surface area contributed by atoms with Crippen molar-refractivity contribution < 1.29 is 13.2 Å². The Hall–Kier alpha value is -0.130. The molecular weight excluding hydrogens is 190 g/mol. The number of hydrogen-bond acceptors (Lipinski definition) is 4. The fourth-order valence-electron chi connectivity index (χ4n) is 2.01. The van der Waals surface area contributed by atoms with Crippen LogP contribution >= 0.6 is 0 Å². The van der Waals surface area contributed by atoms with Crippen LogP contribution in [-0.4, -0.2) is 57.2 Å². The second-order valence-corrected chi connectivity index (χ2v) is 5.93. The molecule has 0 aromatic carbocycles. The van der Waals surface area contributed by atoms with Crippen molar-refractivity contribution in [1.82, 2.24) is 4.90 Å². The molecule has 2 aliphatic rings. The van der Waals surface area contributed by atoms with Crippen LogP contribution < -0.4 is 0 Å². The molecule has 0 aromatic rings. The predicted octanol–water partition coefficient (Wildman–Crippen LogP) is -0.494. The predicted molar refractivity (Wildman–Crippen MR) is 49.5 cm³/mol. The first-order valence-corrected chi connectivity index (χ1v) is 6.52. The quantitative estimate of drug-likeness (QED) is 0.579. The van der Waals surface area contributed by atoms with Crippen molar-refractivity contribution in [2.24, 2.45) is 0 Å². The largest absolute Gasteiger partial charge is 0.379 e. The van der Waals surface area contributed by atoms with E-state index in [0.717, 1.165) is 32.7 Å². The number of nitrogens with zero attached hydrogens (tertiary/aromatic N) is 1. The summed E-state index contributed by atoms with van der Waals surface area (Å²) < 4.78 is 27.7. The number of rotatable bonds is 1. The molecule has 13 heavy (non-hydrogen) atoms. The molecule has 0 amide bonds. The molecule has 1 atom stereocenters. The minimum Gasteiger partial charge on any atom is -0.379 e. The molecule has 0 unspecified atom stereocenters. The molecule has 4 nitrogen and oxygen atoms in total. The highest BCUT2D eigenvalue weighted by Crippen LogP contribution is 2.18. The Bertz CT molecular complexity index is 269. The fraction of sp³-hybridized carbons (Fsp3) is 1.00. The molecule has 2 heterocycles. The first kappa shape index (κ1) is 9.43. The van der Waals surface area contributed by atoms with Crippen molar-refractivity contribution >= 4 is 9.84 Å². The van der Waals surface area contributed by atoms with Crippen molar-refractivity contribution in [1.29, 1.82) is 0 Å². The van der Waals surface area contributed by atoms with Crippen LogP contribution in [0, 0.1) is 0 Å². The summed E-state index contributed by atoms with van der Waals surface area (Å²) in [5, 5.41) is 0. The minimum atomic E-state index is -2.73. The summed E-state index contributed by atoms with van der Waals surface area (Å²) in [6.07, 6.45) is 0.808. The zero-order chi connectivity index (χ0) is 9.31. The van der Waals surface area contributed by atoms with Gasteiger partial charge in [-0.3, -0.25) is 4.90 Å². The monoisotopic (exact) mass is 205 g/mol. The first-order valence-electron chi connectivity index (χ1n) is 4.70. The topological polar surface area (TPSA) is 46.6 Å². The number of ether oxygens (including phenoxy) is 1. The molecule has 0 N–H and O–H groups in total. The van der Waals surface area contributed by atoms with Crippen molar-refractivity contribution in [3.05, 3.63) is 0 Å². The van der Waals surface area contributed by atoms with E-state index >= 15 is 0 Å². The molecule has 0 radical (unpaired) electrons. The summed E-state index contributed by atoms with van der Waals surface area (Å²) >= 11 is 0. The molecule has 76 valence electrons. The molecule has 2 saturated heterocycles. The number of sulfone groups is 1. The summed E-state index contributed by atoms with van der Waals surface area (Å²) in [5.41, 5.74) is 0. The Morgan fingerprint density at radius 2 is 1.92 bits per heavy atom. The Morgan fingerprint density at radius 3 is 2.46 bits per heavy atom.